The molecule has 154 valence electrons. The van der Waals surface area contributed by atoms with Gasteiger partial charge in [-0.05, 0) is 20.3 Å². The Morgan fingerprint density at radius 2 is 1.92 bits per heavy atom. The van der Waals surface area contributed by atoms with Crippen molar-refractivity contribution in [1.29, 1.82) is 0 Å². The SMILES string of the molecule is CCNC(=NCC(=O)N(C)CC(F)(F)F)NC1CC(C)(OC)C1(C)C.I. The molecule has 1 rings (SSSR count). The monoisotopic (exact) mass is 494 g/mol. The molecule has 1 saturated carbocycles. The molecule has 1 fully saturated rings. The van der Waals surface area contributed by atoms with Crippen LogP contribution in [-0.4, -0.2) is 68.4 Å². The highest BCUT2D eigenvalue weighted by Gasteiger charge is 2.58. The maximum Gasteiger partial charge on any atom is 0.406 e. The summed E-state index contributed by atoms with van der Waals surface area (Å²) in [6.45, 7) is 6.99. The van der Waals surface area contributed by atoms with Crippen molar-refractivity contribution in [3.05, 3.63) is 0 Å². The molecule has 1 amide bonds. The highest BCUT2D eigenvalue weighted by molar-refractivity contribution is 14.0. The summed E-state index contributed by atoms with van der Waals surface area (Å²) in [6, 6.07) is 0.0817. The molecule has 0 bridgehead atoms. The standard InChI is InChI=1S/C16H29F3N4O2.HI/c1-7-20-13(21-9-12(24)23(5)10-16(17,18)19)22-11-8-15(4,25-6)14(11,2)3;/h11H,7-10H2,1-6H3,(H2,20,21,22);1H. The third-order valence-electron chi connectivity index (χ3n) is 5.15. The van der Waals surface area contributed by atoms with Gasteiger partial charge in [0, 0.05) is 32.2 Å². The molecule has 0 spiro atoms. The first-order valence-corrected chi connectivity index (χ1v) is 8.27. The highest BCUT2D eigenvalue weighted by atomic mass is 127. The number of methoxy groups -OCH3 is 1. The van der Waals surface area contributed by atoms with Gasteiger partial charge in [0.05, 0.1) is 5.60 Å². The predicted octanol–water partition coefficient (Wildman–Crippen LogP) is 2.38. The van der Waals surface area contributed by atoms with Crippen molar-refractivity contribution in [2.45, 2.75) is 51.9 Å². The number of ether oxygens (including phenoxy) is 1. The van der Waals surface area contributed by atoms with Gasteiger partial charge in [0.2, 0.25) is 5.91 Å². The molecule has 6 nitrogen and oxygen atoms in total. The van der Waals surface area contributed by atoms with Crippen molar-refractivity contribution in [1.82, 2.24) is 15.5 Å². The molecule has 10 heteroatoms. The van der Waals surface area contributed by atoms with Gasteiger partial charge in [-0.25, -0.2) is 4.99 Å². The summed E-state index contributed by atoms with van der Waals surface area (Å²) in [4.78, 5) is 16.6. The predicted molar refractivity (Wildman–Crippen MR) is 106 cm³/mol. The summed E-state index contributed by atoms with van der Waals surface area (Å²) in [5, 5.41) is 6.26. The number of amides is 1. The second-order valence-corrected chi connectivity index (χ2v) is 7.12. The average Bonchev–Trinajstić information content (AvgIpc) is 2.49. The molecular weight excluding hydrogens is 464 g/mol. The van der Waals surface area contributed by atoms with E-state index in [9.17, 15) is 18.0 Å². The Morgan fingerprint density at radius 3 is 2.35 bits per heavy atom. The number of hydrogen-bond acceptors (Lipinski definition) is 3. The van der Waals surface area contributed by atoms with E-state index in [1.54, 1.807) is 7.11 Å². The van der Waals surface area contributed by atoms with E-state index in [1.807, 2.05) is 13.8 Å². The lowest BCUT2D eigenvalue weighted by Gasteiger charge is -2.59. The van der Waals surface area contributed by atoms with E-state index in [-0.39, 0.29) is 47.6 Å². The van der Waals surface area contributed by atoms with Crippen molar-refractivity contribution in [2.75, 3.05) is 33.8 Å². The zero-order valence-electron chi connectivity index (χ0n) is 16.2. The van der Waals surface area contributed by atoms with Crippen LogP contribution in [0.2, 0.25) is 0 Å². The van der Waals surface area contributed by atoms with Crippen LogP contribution < -0.4 is 10.6 Å². The van der Waals surface area contributed by atoms with E-state index >= 15 is 0 Å². The Balaban J connectivity index is 0.00000625. The maximum absolute atomic E-state index is 12.3. The second-order valence-electron chi connectivity index (χ2n) is 7.12. The van der Waals surface area contributed by atoms with Gasteiger partial charge < -0.3 is 20.3 Å². The Bertz CT molecular complexity index is 514. The molecule has 0 heterocycles. The van der Waals surface area contributed by atoms with Crippen LogP contribution in [0.25, 0.3) is 0 Å². The highest BCUT2D eigenvalue weighted by Crippen LogP contribution is 2.51. The van der Waals surface area contributed by atoms with Crippen LogP contribution >= 0.6 is 24.0 Å². The largest absolute Gasteiger partial charge is 0.406 e. The summed E-state index contributed by atoms with van der Waals surface area (Å²) in [5.74, 6) is -0.281. The Morgan fingerprint density at radius 1 is 1.35 bits per heavy atom. The van der Waals surface area contributed by atoms with Crippen molar-refractivity contribution in [3.63, 3.8) is 0 Å². The number of likely N-dealkylation sites (N-methyl/N-ethyl adjacent to an activating group) is 1. The number of carbonyl (C=O) groups is 1. The summed E-state index contributed by atoms with van der Waals surface area (Å²) < 4.78 is 42.6. The second kappa shape index (κ2) is 9.43. The van der Waals surface area contributed by atoms with E-state index < -0.39 is 18.6 Å². The molecule has 0 aliphatic heterocycles. The van der Waals surface area contributed by atoms with Crippen LogP contribution in [0.4, 0.5) is 13.2 Å². The lowest BCUT2D eigenvalue weighted by atomic mass is 9.56. The molecule has 0 radical (unpaired) electrons. The number of alkyl halides is 3. The smallest absolute Gasteiger partial charge is 0.378 e. The quantitative estimate of drug-likeness (QED) is 0.338. The van der Waals surface area contributed by atoms with E-state index in [0.29, 0.717) is 17.4 Å². The molecule has 0 aromatic heterocycles. The van der Waals surface area contributed by atoms with Crippen LogP contribution in [0.1, 0.15) is 34.1 Å². The third-order valence-corrected chi connectivity index (χ3v) is 5.15. The third kappa shape index (κ3) is 6.14. The normalized spacial score (nSPS) is 25.0. The fraction of sp³-hybridized carbons (Fsp3) is 0.875. The van der Waals surface area contributed by atoms with E-state index in [0.717, 1.165) is 13.5 Å². The van der Waals surface area contributed by atoms with Crippen molar-refractivity contribution >= 4 is 35.8 Å². The number of carbonyl (C=O) groups excluding carboxylic acids is 1. The zero-order chi connectivity index (χ0) is 19.5. The Labute approximate surface area is 170 Å². The number of aliphatic imine (C=N–C) groups is 1. The van der Waals surface area contributed by atoms with E-state index in [1.165, 1.54) is 0 Å². The molecule has 0 aromatic rings. The van der Waals surface area contributed by atoms with Crippen LogP contribution in [0.3, 0.4) is 0 Å². The minimum absolute atomic E-state index is 0. The van der Waals surface area contributed by atoms with Gasteiger partial charge in [-0.15, -0.1) is 24.0 Å². The number of rotatable bonds is 6. The lowest BCUT2D eigenvalue weighted by molar-refractivity contribution is -0.176. The van der Waals surface area contributed by atoms with Crippen LogP contribution in [-0.2, 0) is 9.53 Å². The zero-order valence-corrected chi connectivity index (χ0v) is 18.5. The van der Waals surface area contributed by atoms with Crippen molar-refractivity contribution < 1.29 is 22.7 Å². The van der Waals surface area contributed by atoms with E-state index in [2.05, 4.69) is 29.5 Å². The van der Waals surface area contributed by atoms with Crippen LogP contribution in [0.5, 0.6) is 0 Å². The molecule has 2 unspecified atom stereocenters. The molecule has 2 atom stereocenters. The minimum atomic E-state index is -4.42. The summed E-state index contributed by atoms with van der Waals surface area (Å²) >= 11 is 0. The number of nitrogens with one attached hydrogen (secondary N) is 2. The molecule has 2 N–H and O–H groups in total. The van der Waals surface area contributed by atoms with Gasteiger partial charge in [-0.1, -0.05) is 13.8 Å². The van der Waals surface area contributed by atoms with Gasteiger partial charge in [-0.3, -0.25) is 4.79 Å². The first kappa shape index (κ1) is 25.2. The fourth-order valence-corrected chi connectivity index (χ4v) is 2.83. The van der Waals surface area contributed by atoms with E-state index in [4.69, 9.17) is 4.74 Å². The summed E-state index contributed by atoms with van der Waals surface area (Å²) in [6.07, 6.45) is -3.65. The summed E-state index contributed by atoms with van der Waals surface area (Å²) in [7, 11) is 2.79. The first-order valence-electron chi connectivity index (χ1n) is 8.27. The van der Waals surface area contributed by atoms with Gasteiger partial charge in [0.15, 0.2) is 5.96 Å². The van der Waals surface area contributed by atoms with Gasteiger partial charge in [0.1, 0.15) is 13.1 Å². The molecular formula is C16H30F3IN4O2. The van der Waals surface area contributed by atoms with Gasteiger partial charge >= 0.3 is 6.18 Å². The number of hydrogen-bond donors (Lipinski definition) is 2. The molecule has 0 aromatic carbocycles. The van der Waals surface area contributed by atoms with Crippen LogP contribution in [0, 0.1) is 5.41 Å². The molecule has 1 aliphatic rings. The van der Waals surface area contributed by atoms with Crippen molar-refractivity contribution in [3.8, 4) is 0 Å². The fourth-order valence-electron chi connectivity index (χ4n) is 2.83. The molecule has 0 saturated heterocycles. The number of nitrogens with zero attached hydrogens (tertiary/aromatic N) is 2. The van der Waals surface area contributed by atoms with Crippen molar-refractivity contribution in [2.24, 2.45) is 10.4 Å². The first-order chi connectivity index (χ1) is 11.4. The number of guanidine groups is 1. The van der Waals surface area contributed by atoms with Gasteiger partial charge in [0.25, 0.3) is 0 Å². The number of halogens is 4. The topological polar surface area (TPSA) is 66.0 Å². The minimum Gasteiger partial charge on any atom is -0.378 e. The molecule has 26 heavy (non-hydrogen) atoms. The Kier molecular flexibility index (Phi) is 9.14. The Hall–Kier alpha value is -0.780. The summed E-state index contributed by atoms with van der Waals surface area (Å²) in [5.41, 5.74) is -0.417. The molecule has 1 aliphatic carbocycles. The van der Waals surface area contributed by atoms with Crippen LogP contribution in [0.15, 0.2) is 4.99 Å². The average molecular weight is 494 g/mol. The lowest BCUT2D eigenvalue weighted by Crippen LogP contribution is -2.69. The maximum atomic E-state index is 12.3. The van der Waals surface area contributed by atoms with Gasteiger partial charge in [-0.2, -0.15) is 13.2 Å².